The maximum absolute atomic E-state index is 13.6. The van der Waals surface area contributed by atoms with Gasteiger partial charge < -0.3 is 15.5 Å². The van der Waals surface area contributed by atoms with Crippen molar-refractivity contribution >= 4 is 45.6 Å². The number of hydrogen-bond acceptors (Lipinski definition) is 5. The van der Waals surface area contributed by atoms with Gasteiger partial charge in [0.2, 0.25) is 11.8 Å². The minimum atomic E-state index is -0.548. The number of likely N-dealkylation sites (tertiary alicyclic amines) is 1. The minimum Gasteiger partial charge on any atom is -0.352 e. The van der Waals surface area contributed by atoms with Gasteiger partial charge in [-0.1, -0.05) is 18.7 Å². The number of benzene rings is 2. The van der Waals surface area contributed by atoms with Crippen LogP contribution in [0.3, 0.4) is 0 Å². The molecule has 2 saturated heterocycles. The fraction of sp³-hybridized carbons (Fsp3) is 0.471. The normalized spacial score (nSPS) is 38.9. The molecule has 1 aromatic heterocycles. The van der Waals surface area contributed by atoms with Gasteiger partial charge in [-0.25, -0.2) is 0 Å². The highest BCUT2D eigenvalue weighted by atomic mass is 16.2. The summed E-state index contributed by atoms with van der Waals surface area (Å²) in [6, 6.07) is 9.42. The summed E-state index contributed by atoms with van der Waals surface area (Å²) in [5.41, 5.74) is 3.97. The Morgan fingerprint density at radius 3 is 2.51 bits per heavy atom. The van der Waals surface area contributed by atoms with E-state index in [0.29, 0.717) is 30.0 Å². The lowest BCUT2D eigenvalue weighted by atomic mass is 8.96. The third kappa shape index (κ3) is 2.39. The van der Waals surface area contributed by atoms with Crippen LogP contribution in [-0.4, -0.2) is 51.5 Å². The molecule has 43 heavy (non-hydrogen) atoms. The Bertz CT molecular complexity index is 1820. The Kier molecular flexibility index (Phi) is 3.97. The second-order valence-electron chi connectivity index (χ2n) is 14.4. The van der Waals surface area contributed by atoms with E-state index in [1.165, 1.54) is 0 Å². The van der Waals surface area contributed by atoms with Crippen LogP contribution < -0.4 is 15.5 Å². The number of piperidine rings is 2. The van der Waals surface area contributed by atoms with Crippen LogP contribution in [0, 0.1) is 46.8 Å². The Balaban J connectivity index is 0.810. The molecule has 3 aliphatic heterocycles. The van der Waals surface area contributed by atoms with E-state index >= 15 is 0 Å². The van der Waals surface area contributed by atoms with Crippen molar-refractivity contribution in [2.75, 3.05) is 23.3 Å². The molecule has 0 bridgehead atoms. The first kappa shape index (κ1) is 23.3. The van der Waals surface area contributed by atoms with Gasteiger partial charge in [0.05, 0.1) is 29.0 Å². The Labute approximate surface area is 248 Å². The number of nitrogens with zero attached hydrogens (tertiary/aromatic N) is 4. The van der Waals surface area contributed by atoms with Crippen molar-refractivity contribution < 1.29 is 14.4 Å². The van der Waals surface area contributed by atoms with E-state index in [1.54, 1.807) is 4.90 Å². The summed E-state index contributed by atoms with van der Waals surface area (Å²) >= 11 is 0. The summed E-state index contributed by atoms with van der Waals surface area (Å²) in [4.78, 5) is 43.7. The number of aromatic nitrogens is 2. The number of allylic oxidation sites excluding steroid dienone is 1. The molecular weight excluding hydrogens is 540 g/mol. The third-order valence-electron chi connectivity index (χ3n) is 13.2. The molecule has 1 unspecified atom stereocenters. The fourth-order valence-electron chi connectivity index (χ4n) is 11.7. The molecule has 216 valence electrons. The highest BCUT2D eigenvalue weighted by Gasteiger charge is 3.06. The van der Waals surface area contributed by atoms with Gasteiger partial charge in [0.1, 0.15) is 6.04 Å². The van der Waals surface area contributed by atoms with Crippen molar-refractivity contribution in [3.05, 3.63) is 60.6 Å². The molecule has 8 fully saturated rings. The Morgan fingerprint density at radius 1 is 1.00 bits per heavy atom. The predicted octanol–water partition coefficient (Wildman–Crippen LogP) is 4.06. The van der Waals surface area contributed by atoms with E-state index in [-0.39, 0.29) is 23.3 Å². The van der Waals surface area contributed by atoms with Gasteiger partial charge in [-0.2, -0.15) is 5.10 Å². The van der Waals surface area contributed by atoms with Crippen LogP contribution in [0.25, 0.3) is 10.8 Å². The number of anilines is 3. The highest BCUT2D eigenvalue weighted by molar-refractivity contribution is 6.28. The topological polar surface area (TPSA) is 99.6 Å². The molecule has 4 heterocycles. The first-order valence-electron chi connectivity index (χ1n) is 16.0. The molecule has 3 amide bonds. The molecule has 9 aliphatic rings. The molecule has 6 saturated carbocycles. The van der Waals surface area contributed by atoms with Crippen LogP contribution in [0.4, 0.5) is 17.1 Å². The lowest BCUT2D eigenvalue weighted by molar-refractivity contribution is -0.597. The highest BCUT2D eigenvalue weighted by Crippen LogP contribution is 3.06. The molecule has 0 radical (unpaired) electrons. The van der Waals surface area contributed by atoms with Crippen LogP contribution in [0.5, 0.6) is 0 Å². The van der Waals surface area contributed by atoms with E-state index in [2.05, 4.69) is 33.0 Å². The summed E-state index contributed by atoms with van der Waals surface area (Å²) in [7, 11) is 0. The van der Waals surface area contributed by atoms with Crippen molar-refractivity contribution in [3.63, 3.8) is 0 Å². The summed E-state index contributed by atoms with van der Waals surface area (Å²) in [5, 5.41) is 12.9. The number of nitrogens with one attached hydrogen (secondary N) is 2. The number of hydrogen-bond donors (Lipinski definition) is 2. The van der Waals surface area contributed by atoms with Gasteiger partial charge in [0, 0.05) is 47.0 Å². The summed E-state index contributed by atoms with van der Waals surface area (Å²) < 4.78 is 2.05. The molecule has 1 atom stereocenters. The summed E-state index contributed by atoms with van der Waals surface area (Å²) in [6.07, 6.45) is 6.99. The minimum absolute atomic E-state index is 0.101. The second kappa shape index (κ2) is 7.31. The smallest absolute Gasteiger partial charge is 0.259 e. The van der Waals surface area contributed by atoms with Crippen molar-refractivity contribution in [1.82, 2.24) is 20.0 Å². The zero-order valence-electron chi connectivity index (χ0n) is 23.7. The van der Waals surface area contributed by atoms with Gasteiger partial charge in [0.15, 0.2) is 0 Å². The maximum atomic E-state index is 13.6. The fourth-order valence-corrected chi connectivity index (χ4v) is 11.7. The Morgan fingerprint density at radius 2 is 1.77 bits per heavy atom. The molecule has 12 rings (SSSR count). The van der Waals surface area contributed by atoms with Gasteiger partial charge in [0.25, 0.3) is 5.91 Å². The number of carbonyl (C=O) groups excluding carboxylic acids is 3. The van der Waals surface area contributed by atoms with Crippen LogP contribution in [0.2, 0.25) is 0 Å². The summed E-state index contributed by atoms with van der Waals surface area (Å²) in [5.74, 6) is 6.33. The van der Waals surface area contributed by atoms with E-state index in [1.807, 2.05) is 36.5 Å². The van der Waals surface area contributed by atoms with Crippen molar-refractivity contribution in [2.45, 2.75) is 37.8 Å². The second-order valence-corrected chi connectivity index (χ2v) is 14.4. The van der Waals surface area contributed by atoms with Crippen molar-refractivity contribution in [2.24, 2.45) is 46.8 Å². The van der Waals surface area contributed by atoms with Crippen LogP contribution >= 0.6 is 0 Å². The first-order valence-corrected chi connectivity index (χ1v) is 16.0. The van der Waals surface area contributed by atoms with Gasteiger partial charge in [-0.3, -0.25) is 24.0 Å². The molecule has 9 heteroatoms. The zero-order chi connectivity index (χ0) is 28.5. The molecular formula is C34H32N6O3. The zero-order valence-corrected chi connectivity index (χ0v) is 23.7. The van der Waals surface area contributed by atoms with Crippen LogP contribution in [0.15, 0.2) is 55.0 Å². The molecule has 3 aromatic rings. The first-order chi connectivity index (χ1) is 21.0. The van der Waals surface area contributed by atoms with Gasteiger partial charge in [-0.15, -0.1) is 0 Å². The largest absolute Gasteiger partial charge is 0.352 e. The molecule has 0 spiro atoms. The predicted molar refractivity (Wildman–Crippen MR) is 158 cm³/mol. The monoisotopic (exact) mass is 572 g/mol. The van der Waals surface area contributed by atoms with E-state index < -0.39 is 6.04 Å². The quantitative estimate of drug-likeness (QED) is 0.481. The number of rotatable bonds is 5. The van der Waals surface area contributed by atoms with Crippen molar-refractivity contribution in [1.29, 1.82) is 0 Å². The molecule has 2 aromatic carbocycles. The average Bonchev–Trinajstić information content (AvgIpc) is 3.61. The van der Waals surface area contributed by atoms with E-state index in [9.17, 15) is 14.4 Å². The van der Waals surface area contributed by atoms with Gasteiger partial charge >= 0.3 is 0 Å². The molecule has 9 nitrogen and oxygen atoms in total. The van der Waals surface area contributed by atoms with Gasteiger partial charge in [-0.05, 0) is 85.3 Å². The van der Waals surface area contributed by atoms with Crippen LogP contribution in [-0.2, 0) is 9.59 Å². The molecule has 6 aliphatic carbocycles. The lowest BCUT2D eigenvalue weighted by Gasteiger charge is -3.06. The van der Waals surface area contributed by atoms with E-state index in [4.69, 9.17) is 5.10 Å². The number of carbonyl (C=O) groups is 3. The van der Waals surface area contributed by atoms with Crippen molar-refractivity contribution in [3.8, 4) is 0 Å². The maximum Gasteiger partial charge on any atom is 0.259 e. The van der Waals surface area contributed by atoms with Crippen LogP contribution in [0.1, 0.15) is 42.1 Å². The number of amides is 3. The third-order valence-corrected chi connectivity index (χ3v) is 13.2. The molecule has 2 N–H and O–H groups in total. The lowest BCUT2D eigenvalue weighted by Crippen LogP contribution is -3.07. The van der Waals surface area contributed by atoms with E-state index in [0.717, 1.165) is 95.2 Å². The summed E-state index contributed by atoms with van der Waals surface area (Å²) in [6.45, 7) is 5.54. The Hall–Kier alpha value is -4.14. The standard InChI is InChI=1S/C34H32N6O3/c1-15-5-7-22(31(41)36-15)40-21-8-6-20(18-3-2-4-19(23(18)21)32(40)42)37-16-13-35-39(14-16)17-9-11-38(12-10-17)33(43)34-28-25-24-26(28)30(34)27(24)29(25)34/h2-4,6,8,13-14,17,22,24-30,37H,1,5,7,9-12H2,(H,36,41). The SMILES string of the molecule is C=C1CCC(N2C(=O)c3cccc4c(Nc5cnn(C6CCN(C(=O)C78C9C%10C%11C9C7C%11C%108)CC6)c5)ccc2c34)C(=O)N1. The average molecular weight is 573 g/mol.